The fraction of sp³-hybridized carbons (Fsp3) is 0.889. The lowest BCUT2D eigenvalue weighted by Crippen LogP contribution is -2.41. The van der Waals surface area contributed by atoms with Crippen molar-refractivity contribution < 1.29 is 9.90 Å². The molecule has 0 radical (unpaired) electrons. The first-order chi connectivity index (χ1) is 5.63. The first-order valence-corrected chi connectivity index (χ1v) is 4.55. The van der Waals surface area contributed by atoms with Crippen molar-refractivity contribution in [2.45, 2.75) is 38.8 Å². The predicted octanol–water partition coefficient (Wildman–Crippen LogP) is 0.324. The van der Waals surface area contributed by atoms with Crippen LogP contribution in [-0.2, 0) is 4.79 Å². The largest absolute Gasteiger partial charge is 0.391 e. The molecule has 1 aliphatic rings. The maximum atomic E-state index is 11.0. The Hall–Kier alpha value is -0.410. The minimum atomic E-state index is -0.509. The molecule has 0 aromatic carbocycles. The van der Waals surface area contributed by atoms with E-state index >= 15 is 0 Å². The van der Waals surface area contributed by atoms with Crippen molar-refractivity contribution >= 4 is 5.78 Å². The number of hydrogen-bond donors (Lipinski definition) is 2. The van der Waals surface area contributed by atoms with Crippen molar-refractivity contribution in [1.29, 1.82) is 0 Å². The van der Waals surface area contributed by atoms with Crippen LogP contribution in [0.2, 0.25) is 0 Å². The summed E-state index contributed by atoms with van der Waals surface area (Å²) in [6, 6.07) is 0.129. The molecule has 3 heteroatoms. The number of hydrogen-bond acceptors (Lipinski definition) is 3. The molecular weight excluding hydrogens is 154 g/mol. The second-order valence-corrected chi connectivity index (χ2v) is 3.59. The second-order valence-electron chi connectivity index (χ2n) is 3.59. The SMILES string of the molecule is CC(=O)[C@H](C)[C@@H](O)[C@@H]1CCCN1. The molecule has 2 N–H and O–H groups in total. The van der Waals surface area contributed by atoms with Gasteiger partial charge in [0.1, 0.15) is 5.78 Å². The zero-order chi connectivity index (χ0) is 9.14. The Kier molecular flexibility index (Phi) is 3.23. The number of rotatable bonds is 3. The van der Waals surface area contributed by atoms with E-state index in [4.69, 9.17) is 0 Å². The number of aliphatic hydroxyl groups is 1. The van der Waals surface area contributed by atoms with Crippen LogP contribution in [0.25, 0.3) is 0 Å². The molecule has 1 aliphatic heterocycles. The van der Waals surface area contributed by atoms with Crippen LogP contribution in [0.3, 0.4) is 0 Å². The van der Waals surface area contributed by atoms with Crippen LogP contribution in [0, 0.1) is 5.92 Å². The summed E-state index contributed by atoms with van der Waals surface area (Å²) < 4.78 is 0. The van der Waals surface area contributed by atoms with Gasteiger partial charge in [-0.1, -0.05) is 6.92 Å². The third-order valence-corrected chi connectivity index (χ3v) is 2.66. The second kappa shape index (κ2) is 4.01. The predicted molar refractivity (Wildman–Crippen MR) is 46.9 cm³/mol. The van der Waals surface area contributed by atoms with Crippen molar-refractivity contribution in [2.75, 3.05) is 6.54 Å². The topological polar surface area (TPSA) is 49.3 Å². The summed E-state index contributed by atoms with van der Waals surface area (Å²) in [6.45, 7) is 4.28. The smallest absolute Gasteiger partial charge is 0.135 e. The standard InChI is InChI=1S/C9H17NO2/c1-6(7(2)11)9(12)8-4-3-5-10-8/h6,8-10,12H,3-5H2,1-2H3/t6-,8-,9+/m0/s1. The van der Waals surface area contributed by atoms with E-state index in [1.807, 2.05) is 0 Å². The number of ketones is 1. The van der Waals surface area contributed by atoms with Crippen molar-refractivity contribution in [3.63, 3.8) is 0 Å². The monoisotopic (exact) mass is 171 g/mol. The van der Waals surface area contributed by atoms with E-state index in [1.165, 1.54) is 6.92 Å². The Bertz CT molecular complexity index is 164. The minimum Gasteiger partial charge on any atom is -0.391 e. The molecule has 1 heterocycles. The highest BCUT2D eigenvalue weighted by Crippen LogP contribution is 2.16. The van der Waals surface area contributed by atoms with Gasteiger partial charge in [0.2, 0.25) is 0 Å². The summed E-state index contributed by atoms with van der Waals surface area (Å²) in [6.07, 6.45) is 1.58. The van der Waals surface area contributed by atoms with Crippen LogP contribution in [0.1, 0.15) is 26.7 Å². The third kappa shape index (κ3) is 2.05. The van der Waals surface area contributed by atoms with E-state index < -0.39 is 6.10 Å². The molecule has 1 rings (SSSR count). The Morgan fingerprint density at radius 3 is 2.75 bits per heavy atom. The normalized spacial score (nSPS) is 28.4. The molecule has 70 valence electrons. The molecule has 0 bridgehead atoms. The van der Waals surface area contributed by atoms with Gasteiger partial charge in [-0.3, -0.25) is 4.79 Å². The minimum absolute atomic E-state index is 0.0659. The van der Waals surface area contributed by atoms with Gasteiger partial charge in [0.25, 0.3) is 0 Å². The molecular formula is C9H17NO2. The number of carbonyl (C=O) groups excluding carboxylic acids is 1. The van der Waals surface area contributed by atoms with Crippen molar-refractivity contribution in [3.8, 4) is 0 Å². The van der Waals surface area contributed by atoms with Crippen LogP contribution >= 0.6 is 0 Å². The summed E-state index contributed by atoms with van der Waals surface area (Å²) in [5.41, 5.74) is 0. The number of aliphatic hydroxyl groups excluding tert-OH is 1. The highest BCUT2D eigenvalue weighted by molar-refractivity contribution is 5.78. The van der Waals surface area contributed by atoms with E-state index in [-0.39, 0.29) is 17.7 Å². The van der Waals surface area contributed by atoms with E-state index in [1.54, 1.807) is 6.92 Å². The third-order valence-electron chi connectivity index (χ3n) is 2.66. The summed E-state index contributed by atoms with van der Waals surface area (Å²) in [5.74, 6) is -0.170. The van der Waals surface area contributed by atoms with Gasteiger partial charge in [-0.05, 0) is 26.3 Å². The number of nitrogens with one attached hydrogen (secondary N) is 1. The molecule has 12 heavy (non-hydrogen) atoms. The summed E-state index contributed by atoms with van der Waals surface area (Å²) in [4.78, 5) is 11.0. The van der Waals surface area contributed by atoms with Crippen molar-refractivity contribution in [2.24, 2.45) is 5.92 Å². The molecule has 0 saturated carbocycles. The summed E-state index contributed by atoms with van der Waals surface area (Å²) >= 11 is 0. The maximum absolute atomic E-state index is 11.0. The Morgan fingerprint density at radius 2 is 2.33 bits per heavy atom. The quantitative estimate of drug-likeness (QED) is 0.643. The highest BCUT2D eigenvalue weighted by atomic mass is 16.3. The fourth-order valence-electron chi connectivity index (χ4n) is 1.59. The Labute approximate surface area is 73.2 Å². The molecule has 1 fully saturated rings. The average molecular weight is 171 g/mol. The number of Topliss-reactive ketones (excluding diaryl/α,β-unsaturated/α-hetero) is 1. The molecule has 0 unspecified atom stereocenters. The zero-order valence-corrected chi connectivity index (χ0v) is 7.71. The van der Waals surface area contributed by atoms with Gasteiger partial charge >= 0.3 is 0 Å². The van der Waals surface area contributed by atoms with Gasteiger partial charge in [0, 0.05) is 12.0 Å². The molecule has 0 spiro atoms. The van der Waals surface area contributed by atoms with Crippen LogP contribution in [0.4, 0.5) is 0 Å². The molecule has 0 aliphatic carbocycles. The highest BCUT2D eigenvalue weighted by Gasteiger charge is 2.28. The van der Waals surface area contributed by atoms with Crippen LogP contribution < -0.4 is 5.32 Å². The van der Waals surface area contributed by atoms with Gasteiger partial charge < -0.3 is 10.4 Å². The lowest BCUT2D eigenvalue weighted by Gasteiger charge is -2.22. The van der Waals surface area contributed by atoms with Crippen LogP contribution in [0.5, 0.6) is 0 Å². The molecule has 0 amide bonds. The van der Waals surface area contributed by atoms with Gasteiger partial charge in [0.05, 0.1) is 6.10 Å². The van der Waals surface area contributed by atoms with E-state index in [0.29, 0.717) is 0 Å². The van der Waals surface area contributed by atoms with E-state index in [0.717, 1.165) is 19.4 Å². The average Bonchev–Trinajstić information content (AvgIpc) is 2.53. The molecule has 1 saturated heterocycles. The van der Waals surface area contributed by atoms with Crippen molar-refractivity contribution in [3.05, 3.63) is 0 Å². The van der Waals surface area contributed by atoms with E-state index in [9.17, 15) is 9.90 Å². The Morgan fingerprint density at radius 1 is 1.67 bits per heavy atom. The molecule has 0 aromatic heterocycles. The van der Waals surface area contributed by atoms with Gasteiger partial charge in [0.15, 0.2) is 0 Å². The first-order valence-electron chi connectivity index (χ1n) is 4.55. The summed E-state index contributed by atoms with van der Waals surface area (Å²) in [7, 11) is 0. The zero-order valence-electron chi connectivity index (χ0n) is 7.71. The molecule has 3 nitrogen and oxygen atoms in total. The summed E-state index contributed by atoms with van der Waals surface area (Å²) in [5, 5.41) is 12.9. The van der Waals surface area contributed by atoms with E-state index in [2.05, 4.69) is 5.32 Å². The van der Waals surface area contributed by atoms with Crippen LogP contribution in [-0.4, -0.2) is 29.6 Å². The lowest BCUT2D eigenvalue weighted by molar-refractivity contribution is -0.124. The van der Waals surface area contributed by atoms with Crippen LogP contribution in [0.15, 0.2) is 0 Å². The molecule has 3 atom stereocenters. The van der Waals surface area contributed by atoms with Gasteiger partial charge in [-0.25, -0.2) is 0 Å². The fourth-order valence-corrected chi connectivity index (χ4v) is 1.59. The van der Waals surface area contributed by atoms with Gasteiger partial charge in [-0.2, -0.15) is 0 Å². The van der Waals surface area contributed by atoms with Gasteiger partial charge in [-0.15, -0.1) is 0 Å². The number of carbonyl (C=O) groups is 1. The van der Waals surface area contributed by atoms with Crippen molar-refractivity contribution in [1.82, 2.24) is 5.32 Å². The first kappa shape index (κ1) is 9.68. The maximum Gasteiger partial charge on any atom is 0.135 e. The Balaban J connectivity index is 2.44. The molecule has 0 aromatic rings. The lowest BCUT2D eigenvalue weighted by atomic mass is 9.94.